The quantitative estimate of drug-likeness (QED) is 0.163. The molecule has 2 aromatic carbocycles. The summed E-state index contributed by atoms with van der Waals surface area (Å²) < 4.78 is 28.4. The van der Waals surface area contributed by atoms with Crippen LogP contribution in [0, 0.1) is 10.1 Å². The molecule has 2 aromatic rings. The van der Waals surface area contributed by atoms with Gasteiger partial charge in [0.1, 0.15) is 5.75 Å². The van der Waals surface area contributed by atoms with Crippen molar-refractivity contribution in [1.82, 2.24) is 9.34 Å². The summed E-state index contributed by atoms with van der Waals surface area (Å²) in [5.74, 6) is 0.573. The van der Waals surface area contributed by atoms with E-state index in [4.69, 9.17) is 9.26 Å². The van der Waals surface area contributed by atoms with Crippen LogP contribution in [0.5, 0.6) is 11.5 Å². The maximum Gasteiger partial charge on any atom is 0.346 e. The summed E-state index contributed by atoms with van der Waals surface area (Å²) in [4.78, 5) is 15.3. The predicted molar refractivity (Wildman–Crippen MR) is 122 cm³/mol. The standard InChI is InChI=1S/C22H25N4O5P/c1-3-10-23-17(2)19-5-7-20(8-6-19)31-22-15-18(4-9-21(22)26(27)28)16-30-32(29,24-11-12-24)25-13-14-25/h3-10,15H,11-14,16H2,1-2H3/b10-3-,23-17+. The van der Waals surface area contributed by atoms with Gasteiger partial charge in [0.15, 0.2) is 0 Å². The van der Waals surface area contributed by atoms with Crippen LogP contribution in [0.25, 0.3) is 0 Å². The second-order valence-electron chi connectivity index (χ2n) is 7.55. The van der Waals surface area contributed by atoms with E-state index in [2.05, 4.69) is 4.99 Å². The van der Waals surface area contributed by atoms with Gasteiger partial charge in [-0.3, -0.25) is 19.7 Å². The molecule has 2 heterocycles. The van der Waals surface area contributed by atoms with Crippen LogP contribution in [-0.4, -0.2) is 46.2 Å². The molecule has 2 aliphatic heterocycles. The van der Waals surface area contributed by atoms with Crippen LogP contribution >= 0.6 is 7.67 Å². The molecule has 0 atom stereocenters. The predicted octanol–water partition coefficient (Wildman–Crippen LogP) is 4.99. The Morgan fingerprint density at radius 1 is 1.16 bits per heavy atom. The highest BCUT2D eigenvalue weighted by molar-refractivity contribution is 7.54. The second kappa shape index (κ2) is 9.34. The van der Waals surface area contributed by atoms with Crippen LogP contribution in [-0.2, 0) is 15.7 Å². The number of allylic oxidation sites excluding steroid dienone is 1. The molecule has 32 heavy (non-hydrogen) atoms. The number of hydrogen-bond donors (Lipinski definition) is 0. The average Bonchev–Trinajstić information content (AvgIpc) is 3.68. The van der Waals surface area contributed by atoms with Gasteiger partial charge in [-0.05, 0) is 61.4 Å². The average molecular weight is 456 g/mol. The lowest BCUT2D eigenvalue weighted by molar-refractivity contribution is -0.385. The lowest BCUT2D eigenvalue weighted by atomic mass is 10.1. The van der Waals surface area contributed by atoms with Gasteiger partial charge in [0, 0.05) is 44.2 Å². The number of hydrogen-bond acceptors (Lipinski definition) is 6. The van der Waals surface area contributed by atoms with E-state index in [1.165, 1.54) is 6.07 Å². The van der Waals surface area contributed by atoms with Gasteiger partial charge in [0.05, 0.1) is 11.5 Å². The normalized spacial score (nSPS) is 17.0. The minimum Gasteiger partial charge on any atom is -0.450 e. The minimum atomic E-state index is -2.97. The van der Waals surface area contributed by atoms with E-state index in [1.54, 1.807) is 30.5 Å². The van der Waals surface area contributed by atoms with E-state index >= 15 is 0 Å². The number of nitro benzene ring substituents is 1. The molecule has 9 nitrogen and oxygen atoms in total. The molecule has 4 rings (SSSR count). The molecule has 0 spiro atoms. The molecular weight excluding hydrogens is 431 g/mol. The van der Waals surface area contributed by atoms with E-state index < -0.39 is 12.6 Å². The zero-order valence-corrected chi connectivity index (χ0v) is 18.9. The maximum atomic E-state index is 13.1. The number of ether oxygens (including phenoxy) is 1. The lowest BCUT2D eigenvalue weighted by Gasteiger charge is -2.19. The first-order chi connectivity index (χ1) is 15.4. The fourth-order valence-corrected chi connectivity index (χ4v) is 5.32. The summed E-state index contributed by atoms with van der Waals surface area (Å²) in [7, 11) is -2.97. The number of nitrogens with zero attached hydrogens (tertiary/aromatic N) is 4. The van der Waals surface area contributed by atoms with Gasteiger partial charge in [-0.1, -0.05) is 6.08 Å². The smallest absolute Gasteiger partial charge is 0.346 e. The largest absolute Gasteiger partial charge is 0.450 e. The summed E-state index contributed by atoms with van der Waals surface area (Å²) in [5.41, 5.74) is 2.28. The third-order valence-electron chi connectivity index (χ3n) is 5.10. The van der Waals surface area contributed by atoms with E-state index in [-0.39, 0.29) is 18.0 Å². The van der Waals surface area contributed by atoms with Gasteiger partial charge < -0.3 is 9.26 Å². The highest BCUT2D eigenvalue weighted by atomic mass is 31.2. The Balaban J connectivity index is 1.51. The van der Waals surface area contributed by atoms with Gasteiger partial charge in [-0.2, -0.15) is 0 Å². The van der Waals surface area contributed by atoms with Gasteiger partial charge in [-0.25, -0.2) is 9.34 Å². The molecule has 0 bridgehead atoms. The van der Waals surface area contributed by atoms with Crippen molar-refractivity contribution < 1.29 is 18.7 Å². The number of nitro groups is 1. The molecule has 2 saturated heterocycles. The topological polar surface area (TPSA) is 97.0 Å². The molecule has 2 fully saturated rings. The van der Waals surface area contributed by atoms with E-state index in [0.717, 1.165) is 37.5 Å². The van der Waals surface area contributed by atoms with Crippen LogP contribution in [0.3, 0.4) is 0 Å². The zero-order chi connectivity index (χ0) is 22.7. The third kappa shape index (κ3) is 5.14. The summed E-state index contributed by atoms with van der Waals surface area (Å²) in [6.07, 6.45) is 3.57. The third-order valence-corrected chi connectivity index (χ3v) is 7.79. The minimum absolute atomic E-state index is 0.0815. The maximum absolute atomic E-state index is 13.1. The van der Waals surface area contributed by atoms with Crippen molar-refractivity contribution in [3.05, 3.63) is 76.0 Å². The Morgan fingerprint density at radius 2 is 1.81 bits per heavy atom. The van der Waals surface area contributed by atoms with Crippen molar-refractivity contribution in [2.24, 2.45) is 4.99 Å². The Labute approximate surface area is 186 Å². The number of aliphatic imine (C=N–C) groups is 1. The second-order valence-corrected chi connectivity index (χ2v) is 9.92. The molecule has 10 heteroatoms. The molecule has 0 amide bonds. The lowest BCUT2D eigenvalue weighted by Crippen LogP contribution is -2.08. The van der Waals surface area contributed by atoms with E-state index in [9.17, 15) is 14.7 Å². The number of rotatable bonds is 10. The van der Waals surface area contributed by atoms with E-state index in [1.807, 2.05) is 41.4 Å². The highest BCUT2D eigenvalue weighted by Crippen LogP contribution is 2.61. The number of benzene rings is 2. The molecular formula is C22H25N4O5P. The first-order valence-corrected chi connectivity index (χ1v) is 11.9. The molecule has 168 valence electrons. The van der Waals surface area contributed by atoms with Crippen LogP contribution in [0.2, 0.25) is 0 Å². The summed E-state index contributed by atoms with van der Waals surface area (Å²) in [5, 5.41) is 11.5. The van der Waals surface area contributed by atoms with Crippen LogP contribution < -0.4 is 4.74 Å². The van der Waals surface area contributed by atoms with Crippen LogP contribution in [0.1, 0.15) is 25.0 Å². The summed E-state index contributed by atoms with van der Waals surface area (Å²) in [6, 6.07) is 11.7. The molecule has 0 aromatic heterocycles. The molecule has 0 radical (unpaired) electrons. The molecule has 0 N–H and O–H groups in total. The molecule has 0 saturated carbocycles. The first-order valence-electron chi connectivity index (χ1n) is 10.4. The van der Waals surface area contributed by atoms with Crippen molar-refractivity contribution in [3.63, 3.8) is 0 Å². The Hall–Kier alpha value is -2.84. The van der Waals surface area contributed by atoms with Gasteiger partial charge in [0.2, 0.25) is 5.75 Å². The van der Waals surface area contributed by atoms with Crippen molar-refractivity contribution in [2.75, 3.05) is 26.2 Å². The van der Waals surface area contributed by atoms with E-state index in [0.29, 0.717) is 11.3 Å². The van der Waals surface area contributed by atoms with Crippen LogP contribution in [0.4, 0.5) is 5.69 Å². The molecule has 2 aliphatic rings. The highest BCUT2D eigenvalue weighted by Gasteiger charge is 2.49. The van der Waals surface area contributed by atoms with Gasteiger partial charge >= 0.3 is 13.4 Å². The van der Waals surface area contributed by atoms with Crippen molar-refractivity contribution in [3.8, 4) is 11.5 Å². The Bertz CT molecular complexity index is 1090. The fourth-order valence-electron chi connectivity index (χ4n) is 3.13. The van der Waals surface area contributed by atoms with Crippen molar-refractivity contribution >= 4 is 19.1 Å². The molecule has 0 aliphatic carbocycles. The fraction of sp³-hybridized carbons (Fsp3) is 0.318. The van der Waals surface area contributed by atoms with Gasteiger partial charge in [0.25, 0.3) is 0 Å². The molecule has 0 unspecified atom stereocenters. The van der Waals surface area contributed by atoms with Crippen molar-refractivity contribution in [2.45, 2.75) is 20.5 Å². The zero-order valence-electron chi connectivity index (χ0n) is 18.0. The SMILES string of the molecule is C/C=C\N=C(/C)c1ccc(Oc2cc(COP(=O)(N3CC3)N3CC3)ccc2[N+](=O)[O-])cc1. The van der Waals surface area contributed by atoms with Crippen molar-refractivity contribution in [1.29, 1.82) is 0 Å². The summed E-state index contributed by atoms with van der Waals surface area (Å²) >= 11 is 0. The monoisotopic (exact) mass is 456 g/mol. The summed E-state index contributed by atoms with van der Waals surface area (Å²) in [6.45, 7) is 6.92. The Kier molecular flexibility index (Phi) is 6.53. The Morgan fingerprint density at radius 3 is 2.38 bits per heavy atom. The van der Waals surface area contributed by atoms with Gasteiger partial charge in [-0.15, -0.1) is 0 Å². The first kappa shape index (κ1) is 22.4. The van der Waals surface area contributed by atoms with Crippen LogP contribution in [0.15, 0.2) is 59.7 Å².